The molecule has 19 heavy (non-hydrogen) atoms. The van der Waals surface area contributed by atoms with Gasteiger partial charge in [-0.15, -0.1) is 0 Å². The van der Waals surface area contributed by atoms with Gasteiger partial charge in [-0.05, 0) is 18.6 Å². The van der Waals surface area contributed by atoms with E-state index in [2.05, 4.69) is 15.3 Å². The molecule has 1 aromatic carbocycles. The molecule has 2 rings (SSSR count). The maximum atomic E-state index is 11.8. The Balaban J connectivity index is 1.83. The smallest absolute Gasteiger partial charge is 0.255 e. The summed E-state index contributed by atoms with van der Waals surface area (Å²) in [5.41, 5.74) is 0.0676. The van der Waals surface area contributed by atoms with Crippen molar-refractivity contribution in [1.82, 2.24) is 15.3 Å². The van der Waals surface area contributed by atoms with Crippen LogP contribution in [0.15, 0.2) is 30.6 Å². The van der Waals surface area contributed by atoms with Crippen LogP contribution in [-0.4, -0.2) is 32.6 Å². The molecule has 4 N–H and O–H groups in total. The lowest BCUT2D eigenvalue weighted by Crippen LogP contribution is -2.24. The van der Waals surface area contributed by atoms with Gasteiger partial charge < -0.3 is 20.5 Å². The fraction of sp³-hybridized carbons (Fsp3) is 0.231. The number of aromatic amines is 1. The molecule has 1 amide bonds. The first-order chi connectivity index (χ1) is 9.18. The number of imidazole rings is 1. The Hall–Kier alpha value is -2.50. The Morgan fingerprint density at radius 1 is 1.37 bits per heavy atom. The molecule has 0 saturated carbocycles. The molecule has 0 radical (unpaired) electrons. The van der Waals surface area contributed by atoms with Crippen molar-refractivity contribution in [2.24, 2.45) is 0 Å². The molecule has 6 heteroatoms. The molecule has 0 saturated heterocycles. The third-order valence-electron chi connectivity index (χ3n) is 2.69. The Labute approximate surface area is 110 Å². The quantitative estimate of drug-likeness (QED) is 0.480. The number of phenolic OH excluding ortho intramolecular Hbond substituents is 2. The van der Waals surface area contributed by atoms with Crippen LogP contribution in [-0.2, 0) is 6.42 Å². The van der Waals surface area contributed by atoms with Crippen LogP contribution in [0.2, 0.25) is 0 Å². The van der Waals surface area contributed by atoms with Crippen LogP contribution >= 0.6 is 0 Å². The molecular weight excluding hydrogens is 246 g/mol. The van der Waals surface area contributed by atoms with Crippen molar-refractivity contribution < 1.29 is 15.0 Å². The number of amides is 1. The summed E-state index contributed by atoms with van der Waals surface area (Å²) in [5.74, 6) is -0.239. The number of hydrogen-bond acceptors (Lipinski definition) is 4. The highest BCUT2D eigenvalue weighted by Gasteiger charge is 2.12. The number of H-pyrrole nitrogens is 1. The van der Waals surface area contributed by atoms with E-state index in [1.165, 1.54) is 18.2 Å². The van der Waals surface area contributed by atoms with Crippen LogP contribution in [0.5, 0.6) is 11.5 Å². The molecule has 0 unspecified atom stereocenters. The van der Waals surface area contributed by atoms with E-state index < -0.39 is 11.7 Å². The zero-order valence-corrected chi connectivity index (χ0v) is 10.3. The molecule has 0 aliphatic heterocycles. The number of aromatic nitrogens is 2. The van der Waals surface area contributed by atoms with E-state index >= 15 is 0 Å². The third-order valence-corrected chi connectivity index (χ3v) is 2.69. The summed E-state index contributed by atoms with van der Waals surface area (Å²) in [6.45, 7) is 0.467. The first-order valence-corrected chi connectivity index (χ1v) is 5.96. The van der Waals surface area contributed by atoms with Gasteiger partial charge in [0.2, 0.25) is 0 Å². The topological polar surface area (TPSA) is 98.2 Å². The highest BCUT2D eigenvalue weighted by Crippen LogP contribution is 2.27. The second-order valence-electron chi connectivity index (χ2n) is 4.07. The molecule has 0 aliphatic rings. The van der Waals surface area contributed by atoms with E-state index in [0.29, 0.717) is 6.54 Å². The first-order valence-electron chi connectivity index (χ1n) is 5.96. The molecule has 100 valence electrons. The number of nitrogens with zero attached hydrogens (tertiary/aromatic N) is 1. The molecule has 1 heterocycles. The van der Waals surface area contributed by atoms with Crippen molar-refractivity contribution >= 4 is 5.91 Å². The first kappa shape index (κ1) is 12.9. The molecule has 6 nitrogen and oxygen atoms in total. The summed E-state index contributed by atoms with van der Waals surface area (Å²) in [5, 5.41) is 21.5. The average Bonchev–Trinajstić information content (AvgIpc) is 2.91. The summed E-state index contributed by atoms with van der Waals surface area (Å²) in [6, 6.07) is 4.28. The zero-order chi connectivity index (χ0) is 13.7. The van der Waals surface area contributed by atoms with Gasteiger partial charge >= 0.3 is 0 Å². The molecule has 1 aromatic heterocycles. The standard InChI is InChI=1S/C13H15N3O3/c17-10-4-1-3-9(12(10)18)13(19)16-6-2-5-11-14-7-8-15-11/h1,3-4,7-8,17-18H,2,5-6H2,(H,14,15)(H,16,19). The summed E-state index contributed by atoms with van der Waals surface area (Å²) in [7, 11) is 0. The van der Waals surface area contributed by atoms with E-state index in [1.54, 1.807) is 12.4 Å². The fourth-order valence-corrected chi connectivity index (χ4v) is 1.70. The van der Waals surface area contributed by atoms with Crippen molar-refractivity contribution in [1.29, 1.82) is 0 Å². The van der Waals surface area contributed by atoms with Crippen molar-refractivity contribution in [2.45, 2.75) is 12.8 Å². The molecule has 0 aliphatic carbocycles. The van der Waals surface area contributed by atoms with Crippen molar-refractivity contribution in [3.8, 4) is 11.5 Å². The second kappa shape index (κ2) is 5.90. The minimum Gasteiger partial charge on any atom is -0.504 e. The monoisotopic (exact) mass is 261 g/mol. The van der Waals surface area contributed by atoms with Gasteiger partial charge in [-0.3, -0.25) is 4.79 Å². The largest absolute Gasteiger partial charge is 0.504 e. The Morgan fingerprint density at radius 3 is 2.95 bits per heavy atom. The van der Waals surface area contributed by atoms with Gasteiger partial charge in [-0.1, -0.05) is 6.07 Å². The van der Waals surface area contributed by atoms with Crippen molar-refractivity contribution in [3.05, 3.63) is 42.0 Å². The van der Waals surface area contributed by atoms with Gasteiger partial charge in [0.05, 0.1) is 5.56 Å². The minimum atomic E-state index is -0.409. The molecule has 0 atom stereocenters. The normalized spacial score (nSPS) is 10.3. The number of hydrogen-bond donors (Lipinski definition) is 4. The lowest BCUT2D eigenvalue weighted by atomic mass is 10.1. The van der Waals surface area contributed by atoms with Crippen LogP contribution in [0.4, 0.5) is 0 Å². The highest BCUT2D eigenvalue weighted by molar-refractivity contribution is 5.97. The molecular formula is C13H15N3O3. The van der Waals surface area contributed by atoms with Crippen LogP contribution in [0, 0.1) is 0 Å². The van der Waals surface area contributed by atoms with Gasteiger partial charge in [0.1, 0.15) is 5.82 Å². The fourth-order valence-electron chi connectivity index (χ4n) is 1.70. The lowest BCUT2D eigenvalue weighted by Gasteiger charge is -2.07. The van der Waals surface area contributed by atoms with Gasteiger partial charge in [-0.2, -0.15) is 0 Å². The van der Waals surface area contributed by atoms with E-state index in [1.807, 2.05) is 0 Å². The number of benzene rings is 1. The summed E-state index contributed by atoms with van der Waals surface area (Å²) >= 11 is 0. The highest BCUT2D eigenvalue weighted by atomic mass is 16.3. The summed E-state index contributed by atoms with van der Waals surface area (Å²) in [6.07, 6.45) is 4.90. The maximum absolute atomic E-state index is 11.8. The van der Waals surface area contributed by atoms with Gasteiger partial charge in [0.15, 0.2) is 11.5 Å². The van der Waals surface area contributed by atoms with Gasteiger partial charge in [-0.25, -0.2) is 4.98 Å². The number of aryl methyl sites for hydroxylation is 1. The summed E-state index contributed by atoms with van der Waals surface area (Å²) in [4.78, 5) is 18.8. The molecule has 0 bridgehead atoms. The third kappa shape index (κ3) is 3.25. The average molecular weight is 261 g/mol. The second-order valence-corrected chi connectivity index (χ2v) is 4.07. The predicted octanol–water partition coefficient (Wildman–Crippen LogP) is 1.18. The Bertz CT molecular complexity index is 552. The van der Waals surface area contributed by atoms with Crippen molar-refractivity contribution in [2.75, 3.05) is 6.54 Å². The Kier molecular flexibility index (Phi) is 4.02. The van der Waals surface area contributed by atoms with E-state index in [9.17, 15) is 15.0 Å². The zero-order valence-electron chi connectivity index (χ0n) is 10.3. The number of rotatable bonds is 5. The predicted molar refractivity (Wildman–Crippen MR) is 69.0 cm³/mol. The molecule has 0 fully saturated rings. The number of para-hydroxylation sites is 1. The molecule has 0 spiro atoms. The molecule has 2 aromatic rings. The number of aromatic hydroxyl groups is 2. The number of carbonyl (C=O) groups is 1. The SMILES string of the molecule is O=C(NCCCc1ncc[nH]1)c1cccc(O)c1O. The lowest BCUT2D eigenvalue weighted by molar-refractivity contribution is 0.0950. The number of nitrogens with one attached hydrogen (secondary N) is 2. The maximum Gasteiger partial charge on any atom is 0.255 e. The van der Waals surface area contributed by atoms with E-state index in [-0.39, 0.29) is 11.3 Å². The number of phenols is 2. The van der Waals surface area contributed by atoms with Gasteiger partial charge in [0, 0.05) is 25.4 Å². The van der Waals surface area contributed by atoms with Gasteiger partial charge in [0.25, 0.3) is 5.91 Å². The van der Waals surface area contributed by atoms with Crippen LogP contribution in [0.1, 0.15) is 22.6 Å². The van der Waals surface area contributed by atoms with E-state index in [0.717, 1.165) is 18.7 Å². The van der Waals surface area contributed by atoms with Crippen molar-refractivity contribution in [3.63, 3.8) is 0 Å². The van der Waals surface area contributed by atoms with Crippen LogP contribution in [0.3, 0.4) is 0 Å². The van der Waals surface area contributed by atoms with E-state index in [4.69, 9.17) is 0 Å². The summed E-state index contributed by atoms with van der Waals surface area (Å²) < 4.78 is 0. The minimum absolute atomic E-state index is 0.0676. The number of carbonyl (C=O) groups excluding carboxylic acids is 1. The van der Waals surface area contributed by atoms with Crippen LogP contribution < -0.4 is 5.32 Å². The van der Waals surface area contributed by atoms with Crippen LogP contribution in [0.25, 0.3) is 0 Å². The Morgan fingerprint density at radius 2 is 2.21 bits per heavy atom.